The molecule has 0 saturated carbocycles. The number of nitrogens with zero attached hydrogens (tertiary/aromatic N) is 4. The average molecular weight is 386 g/mol. The number of benzene rings is 1. The van der Waals surface area contributed by atoms with Crippen molar-refractivity contribution in [1.29, 1.82) is 0 Å². The number of rotatable bonds is 4. The second-order valence-corrected chi connectivity index (χ2v) is 8.72. The van der Waals surface area contributed by atoms with Crippen molar-refractivity contribution >= 4 is 15.7 Å². The summed E-state index contributed by atoms with van der Waals surface area (Å²) in [6.07, 6.45) is 0.723. The first kappa shape index (κ1) is 17.8. The molecule has 1 aromatic carbocycles. The molecule has 142 valence electrons. The van der Waals surface area contributed by atoms with E-state index in [-0.39, 0.29) is 4.90 Å². The lowest BCUT2D eigenvalue weighted by Gasteiger charge is -2.19. The van der Waals surface area contributed by atoms with Crippen molar-refractivity contribution in [3.63, 3.8) is 0 Å². The van der Waals surface area contributed by atoms with Crippen molar-refractivity contribution in [2.45, 2.75) is 45.6 Å². The van der Waals surface area contributed by atoms with Gasteiger partial charge in [0.25, 0.3) is 10.0 Å². The Morgan fingerprint density at radius 3 is 2.56 bits per heavy atom. The fraction of sp³-hybridized carbons (Fsp3) is 0.368. The van der Waals surface area contributed by atoms with E-state index in [9.17, 15) is 8.42 Å². The summed E-state index contributed by atoms with van der Waals surface area (Å²) in [5.41, 5.74) is 4.66. The standard InChI is InChI=1S/C19H22N4O3S/c1-12-17(15(4)26-21-12)11-22-14(3)19(13(2)20-22)27(24,25)23-10-9-16-7-5-6-8-18(16)23/h5-8H,9-11H2,1-4H3. The van der Waals surface area contributed by atoms with Gasteiger partial charge in [-0.1, -0.05) is 23.4 Å². The van der Waals surface area contributed by atoms with E-state index in [0.29, 0.717) is 24.5 Å². The average Bonchev–Trinajstić information content (AvgIpc) is 3.27. The largest absolute Gasteiger partial charge is 0.361 e. The molecule has 0 unspecified atom stereocenters. The number of aromatic nitrogens is 3. The summed E-state index contributed by atoms with van der Waals surface area (Å²) in [5.74, 6) is 0.720. The van der Waals surface area contributed by atoms with Gasteiger partial charge in [-0.25, -0.2) is 8.42 Å². The molecule has 8 heteroatoms. The van der Waals surface area contributed by atoms with Crippen molar-refractivity contribution in [3.8, 4) is 0 Å². The molecule has 0 N–H and O–H groups in total. The summed E-state index contributed by atoms with van der Waals surface area (Å²) >= 11 is 0. The van der Waals surface area contributed by atoms with Crippen molar-refractivity contribution in [1.82, 2.24) is 14.9 Å². The van der Waals surface area contributed by atoms with Gasteiger partial charge in [-0.05, 0) is 45.7 Å². The molecule has 4 rings (SSSR count). The minimum absolute atomic E-state index is 0.283. The van der Waals surface area contributed by atoms with Gasteiger partial charge >= 0.3 is 0 Å². The number of fused-ring (bicyclic) bond motifs is 1. The Hall–Kier alpha value is -2.61. The maximum atomic E-state index is 13.4. The van der Waals surface area contributed by atoms with E-state index < -0.39 is 10.0 Å². The van der Waals surface area contributed by atoms with E-state index in [0.717, 1.165) is 34.7 Å². The Morgan fingerprint density at radius 1 is 1.11 bits per heavy atom. The van der Waals surface area contributed by atoms with Crippen molar-refractivity contribution in [2.24, 2.45) is 0 Å². The fourth-order valence-corrected chi connectivity index (χ4v) is 5.63. The molecule has 0 atom stereocenters. The van der Waals surface area contributed by atoms with E-state index in [1.54, 1.807) is 18.5 Å². The van der Waals surface area contributed by atoms with Crippen molar-refractivity contribution < 1.29 is 12.9 Å². The molecule has 3 aromatic rings. The molecule has 0 bridgehead atoms. The lowest BCUT2D eigenvalue weighted by Crippen LogP contribution is -2.30. The highest BCUT2D eigenvalue weighted by molar-refractivity contribution is 7.93. The molecule has 1 aliphatic rings. The van der Waals surface area contributed by atoms with E-state index >= 15 is 0 Å². The smallest absolute Gasteiger partial charge is 0.268 e. The summed E-state index contributed by atoms with van der Waals surface area (Å²) < 4.78 is 35.3. The molecular weight excluding hydrogens is 364 g/mol. The van der Waals surface area contributed by atoms with Gasteiger partial charge in [0.2, 0.25) is 0 Å². The predicted molar refractivity (Wildman–Crippen MR) is 101 cm³/mol. The van der Waals surface area contributed by atoms with Crippen LogP contribution in [0.3, 0.4) is 0 Å². The molecule has 0 fully saturated rings. The molecular formula is C19H22N4O3S. The predicted octanol–water partition coefficient (Wildman–Crippen LogP) is 2.90. The zero-order chi connectivity index (χ0) is 19.3. The van der Waals surface area contributed by atoms with E-state index in [1.165, 1.54) is 4.31 Å². The van der Waals surface area contributed by atoms with Crippen molar-refractivity contribution in [3.05, 3.63) is 58.2 Å². The summed E-state index contributed by atoms with van der Waals surface area (Å²) in [6, 6.07) is 7.64. The summed E-state index contributed by atoms with van der Waals surface area (Å²) in [4.78, 5) is 0.283. The molecule has 27 heavy (non-hydrogen) atoms. The van der Waals surface area contributed by atoms with Gasteiger partial charge in [-0.15, -0.1) is 0 Å². The lowest BCUT2D eigenvalue weighted by molar-refractivity contribution is 0.391. The molecule has 0 saturated heterocycles. The molecule has 2 aromatic heterocycles. The third-order valence-corrected chi connectivity index (χ3v) is 7.26. The van der Waals surface area contributed by atoms with Gasteiger partial charge in [0.1, 0.15) is 10.7 Å². The quantitative estimate of drug-likeness (QED) is 0.689. The number of anilines is 1. The first-order chi connectivity index (χ1) is 12.8. The molecule has 0 radical (unpaired) electrons. The van der Waals surface area contributed by atoms with Crippen LogP contribution in [0.2, 0.25) is 0 Å². The number of para-hydroxylation sites is 1. The van der Waals surface area contributed by atoms with Crippen LogP contribution in [-0.2, 0) is 23.0 Å². The summed E-state index contributed by atoms with van der Waals surface area (Å²) in [6.45, 7) is 8.14. The fourth-order valence-electron chi connectivity index (χ4n) is 3.75. The normalized spacial score (nSPS) is 14.0. The van der Waals surface area contributed by atoms with Crippen LogP contribution in [-0.4, -0.2) is 29.9 Å². The first-order valence-electron chi connectivity index (χ1n) is 8.87. The minimum Gasteiger partial charge on any atom is -0.361 e. The number of aryl methyl sites for hydroxylation is 3. The zero-order valence-corrected chi connectivity index (χ0v) is 16.7. The van der Waals surface area contributed by atoms with Crippen LogP contribution in [0.5, 0.6) is 0 Å². The molecule has 7 nitrogen and oxygen atoms in total. The van der Waals surface area contributed by atoms with Gasteiger partial charge in [0, 0.05) is 12.1 Å². The third kappa shape index (κ3) is 2.75. The maximum Gasteiger partial charge on any atom is 0.268 e. The van der Waals surface area contributed by atoms with Gasteiger partial charge in [-0.3, -0.25) is 8.99 Å². The highest BCUT2D eigenvalue weighted by Gasteiger charge is 2.35. The Morgan fingerprint density at radius 2 is 1.85 bits per heavy atom. The van der Waals surface area contributed by atoms with Crippen LogP contribution in [0.25, 0.3) is 0 Å². The highest BCUT2D eigenvalue weighted by atomic mass is 32.2. The van der Waals surface area contributed by atoms with Gasteiger partial charge < -0.3 is 4.52 Å². The molecule has 0 amide bonds. The van der Waals surface area contributed by atoms with Crippen LogP contribution in [0.15, 0.2) is 33.7 Å². The number of sulfonamides is 1. The van der Waals surface area contributed by atoms with E-state index in [2.05, 4.69) is 10.3 Å². The zero-order valence-electron chi connectivity index (χ0n) is 15.9. The molecule has 1 aliphatic heterocycles. The Balaban J connectivity index is 1.76. The second-order valence-electron chi connectivity index (χ2n) is 6.92. The van der Waals surface area contributed by atoms with E-state index in [4.69, 9.17) is 4.52 Å². The van der Waals surface area contributed by atoms with Crippen LogP contribution in [0, 0.1) is 27.7 Å². The topological polar surface area (TPSA) is 81.2 Å². The third-order valence-electron chi connectivity index (χ3n) is 5.20. The van der Waals surface area contributed by atoms with Gasteiger partial charge in [0.15, 0.2) is 0 Å². The number of hydrogen-bond donors (Lipinski definition) is 0. The van der Waals surface area contributed by atoms with Crippen LogP contribution in [0.4, 0.5) is 5.69 Å². The molecule has 3 heterocycles. The van der Waals surface area contributed by atoms with Gasteiger partial charge in [0.05, 0.1) is 29.3 Å². The Kier molecular flexibility index (Phi) is 4.10. The molecule has 0 aliphatic carbocycles. The second kappa shape index (κ2) is 6.23. The molecule has 0 spiro atoms. The SMILES string of the molecule is Cc1noc(C)c1Cn1nc(C)c(S(=O)(=O)N2CCc3ccccc32)c1C. The number of hydrogen-bond acceptors (Lipinski definition) is 5. The maximum absolute atomic E-state index is 13.4. The Labute approximate surface area is 158 Å². The highest BCUT2D eigenvalue weighted by Crippen LogP contribution is 2.34. The minimum atomic E-state index is -3.68. The van der Waals surface area contributed by atoms with Gasteiger partial charge in [-0.2, -0.15) is 5.10 Å². The van der Waals surface area contributed by atoms with Crippen molar-refractivity contribution in [2.75, 3.05) is 10.8 Å². The van der Waals surface area contributed by atoms with Crippen LogP contribution < -0.4 is 4.31 Å². The summed E-state index contributed by atoms with van der Waals surface area (Å²) in [5, 5.41) is 8.47. The monoisotopic (exact) mass is 386 g/mol. The first-order valence-corrected chi connectivity index (χ1v) is 10.3. The van der Waals surface area contributed by atoms with Crippen LogP contribution in [0.1, 0.15) is 34.0 Å². The Bertz CT molecular complexity index is 1110. The lowest BCUT2D eigenvalue weighted by atomic mass is 10.2. The van der Waals surface area contributed by atoms with Crippen LogP contribution >= 0.6 is 0 Å². The summed E-state index contributed by atoms with van der Waals surface area (Å²) in [7, 11) is -3.68. The van der Waals surface area contributed by atoms with E-state index in [1.807, 2.05) is 38.1 Å².